The second kappa shape index (κ2) is 8.82. The van der Waals surface area contributed by atoms with Gasteiger partial charge in [0.25, 0.3) is 0 Å². The fourth-order valence-electron chi connectivity index (χ4n) is 3.80. The van der Waals surface area contributed by atoms with Crippen molar-refractivity contribution >= 4 is 17.4 Å². The quantitative estimate of drug-likeness (QED) is 0.690. The molecular formula is C25H27N3O. The number of anilines is 2. The molecule has 148 valence electrons. The Balaban J connectivity index is 1.38. The average molecular weight is 386 g/mol. The lowest BCUT2D eigenvalue weighted by molar-refractivity contribution is 0.208. The summed E-state index contributed by atoms with van der Waals surface area (Å²) in [6.45, 7) is 5.26. The van der Waals surface area contributed by atoms with Crippen molar-refractivity contribution < 1.29 is 4.79 Å². The number of amides is 2. The number of piperazine rings is 1. The molecule has 1 aliphatic heterocycles. The van der Waals surface area contributed by atoms with Crippen LogP contribution in [0, 0.1) is 6.92 Å². The number of para-hydroxylation sites is 1. The van der Waals surface area contributed by atoms with Crippen LogP contribution in [0.5, 0.6) is 0 Å². The SMILES string of the molecule is Cc1cccc(N2CCN(C(=O)Nc3ccccc3Cc3ccccc3)CC2)c1. The first-order chi connectivity index (χ1) is 14.2. The van der Waals surface area contributed by atoms with E-state index in [4.69, 9.17) is 0 Å². The third-order valence-electron chi connectivity index (χ3n) is 5.43. The normalized spacial score (nSPS) is 14.0. The summed E-state index contributed by atoms with van der Waals surface area (Å²) in [5.41, 5.74) is 5.75. The zero-order valence-electron chi connectivity index (χ0n) is 16.8. The molecule has 1 N–H and O–H groups in total. The summed E-state index contributed by atoms with van der Waals surface area (Å²) in [5.74, 6) is 0. The third kappa shape index (κ3) is 4.77. The first kappa shape index (κ1) is 19.1. The Labute approximate surface area is 172 Å². The van der Waals surface area contributed by atoms with Gasteiger partial charge in [0.05, 0.1) is 0 Å². The highest BCUT2D eigenvalue weighted by Gasteiger charge is 2.22. The van der Waals surface area contributed by atoms with Gasteiger partial charge in [-0.2, -0.15) is 0 Å². The molecule has 3 aromatic rings. The van der Waals surface area contributed by atoms with E-state index in [0.717, 1.165) is 43.9 Å². The van der Waals surface area contributed by atoms with E-state index in [1.807, 2.05) is 41.3 Å². The number of benzene rings is 3. The molecule has 0 spiro atoms. The summed E-state index contributed by atoms with van der Waals surface area (Å²) in [6.07, 6.45) is 0.804. The van der Waals surface area contributed by atoms with Crippen molar-refractivity contribution in [1.29, 1.82) is 0 Å². The highest BCUT2D eigenvalue weighted by atomic mass is 16.2. The first-order valence-corrected chi connectivity index (χ1v) is 10.2. The smallest absolute Gasteiger partial charge is 0.321 e. The van der Waals surface area contributed by atoms with Crippen molar-refractivity contribution in [2.75, 3.05) is 36.4 Å². The molecule has 3 aromatic carbocycles. The van der Waals surface area contributed by atoms with E-state index in [0.29, 0.717) is 0 Å². The van der Waals surface area contributed by atoms with Crippen molar-refractivity contribution in [3.05, 3.63) is 95.6 Å². The van der Waals surface area contributed by atoms with Gasteiger partial charge in [-0.15, -0.1) is 0 Å². The van der Waals surface area contributed by atoms with Gasteiger partial charge in [-0.05, 0) is 48.2 Å². The molecule has 0 radical (unpaired) electrons. The topological polar surface area (TPSA) is 35.6 Å². The van der Waals surface area contributed by atoms with Crippen molar-refractivity contribution in [2.24, 2.45) is 0 Å². The van der Waals surface area contributed by atoms with Crippen LogP contribution in [0.25, 0.3) is 0 Å². The number of carbonyl (C=O) groups is 1. The summed E-state index contributed by atoms with van der Waals surface area (Å²) < 4.78 is 0. The number of nitrogens with zero attached hydrogens (tertiary/aromatic N) is 2. The van der Waals surface area contributed by atoms with Crippen LogP contribution in [0.3, 0.4) is 0 Å². The van der Waals surface area contributed by atoms with Crippen LogP contribution < -0.4 is 10.2 Å². The highest BCUT2D eigenvalue weighted by molar-refractivity contribution is 5.90. The molecule has 0 atom stereocenters. The lowest BCUT2D eigenvalue weighted by Gasteiger charge is -2.36. The van der Waals surface area contributed by atoms with E-state index < -0.39 is 0 Å². The largest absolute Gasteiger partial charge is 0.368 e. The first-order valence-electron chi connectivity index (χ1n) is 10.2. The zero-order valence-corrected chi connectivity index (χ0v) is 16.8. The summed E-state index contributed by atoms with van der Waals surface area (Å²) >= 11 is 0. The molecule has 1 aliphatic rings. The monoisotopic (exact) mass is 385 g/mol. The maximum Gasteiger partial charge on any atom is 0.321 e. The molecule has 1 fully saturated rings. The molecule has 0 saturated carbocycles. The lowest BCUT2D eigenvalue weighted by atomic mass is 10.0. The number of hydrogen-bond donors (Lipinski definition) is 1. The third-order valence-corrected chi connectivity index (χ3v) is 5.43. The number of rotatable bonds is 4. The van der Waals surface area contributed by atoms with Crippen LogP contribution in [0.2, 0.25) is 0 Å². The lowest BCUT2D eigenvalue weighted by Crippen LogP contribution is -2.50. The van der Waals surface area contributed by atoms with Gasteiger partial charge in [-0.25, -0.2) is 4.79 Å². The second-order valence-electron chi connectivity index (χ2n) is 7.56. The van der Waals surface area contributed by atoms with E-state index in [1.165, 1.54) is 16.8 Å². The standard InChI is InChI=1S/C25H27N3O/c1-20-8-7-12-23(18-20)27-14-16-28(17-15-27)25(29)26-24-13-6-5-11-22(24)19-21-9-3-2-4-10-21/h2-13,18H,14-17,19H2,1H3,(H,26,29). The summed E-state index contributed by atoms with van der Waals surface area (Å²) in [6, 6.07) is 26.9. The Morgan fingerprint density at radius 2 is 1.59 bits per heavy atom. The predicted molar refractivity (Wildman–Crippen MR) is 120 cm³/mol. The van der Waals surface area contributed by atoms with Gasteiger partial charge in [0.1, 0.15) is 0 Å². The van der Waals surface area contributed by atoms with Gasteiger partial charge in [0, 0.05) is 37.6 Å². The predicted octanol–water partition coefficient (Wildman–Crippen LogP) is 4.94. The average Bonchev–Trinajstić information content (AvgIpc) is 2.76. The Morgan fingerprint density at radius 3 is 2.34 bits per heavy atom. The number of carbonyl (C=O) groups excluding carboxylic acids is 1. The maximum atomic E-state index is 12.9. The summed E-state index contributed by atoms with van der Waals surface area (Å²) in [5, 5.41) is 3.13. The molecule has 0 aliphatic carbocycles. The van der Waals surface area contributed by atoms with E-state index >= 15 is 0 Å². The van der Waals surface area contributed by atoms with Crippen molar-refractivity contribution in [1.82, 2.24) is 4.90 Å². The van der Waals surface area contributed by atoms with Crippen molar-refractivity contribution in [3.63, 3.8) is 0 Å². The molecule has 1 heterocycles. The molecule has 0 aromatic heterocycles. The van der Waals surface area contributed by atoms with E-state index in [-0.39, 0.29) is 6.03 Å². The fraction of sp³-hybridized carbons (Fsp3) is 0.240. The number of hydrogen-bond acceptors (Lipinski definition) is 2. The fourth-order valence-corrected chi connectivity index (χ4v) is 3.80. The Morgan fingerprint density at radius 1 is 0.862 bits per heavy atom. The minimum atomic E-state index is -0.0191. The van der Waals surface area contributed by atoms with Crippen LogP contribution in [0.15, 0.2) is 78.9 Å². The number of aryl methyl sites for hydroxylation is 1. The zero-order chi connectivity index (χ0) is 20.1. The molecule has 29 heavy (non-hydrogen) atoms. The molecule has 4 nitrogen and oxygen atoms in total. The highest BCUT2D eigenvalue weighted by Crippen LogP contribution is 2.21. The summed E-state index contributed by atoms with van der Waals surface area (Å²) in [4.78, 5) is 17.1. The van der Waals surface area contributed by atoms with Gasteiger partial charge in [0.2, 0.25) is 0 Å². The minimum Gasteiger partial charge on any atom is -0.368 e. The molecule has 4 heteroatoms. The molecular weight excluding hydrogens is 358 g/mol. The van der Waals surface area contributed by atoms with E-state index in [9.17, 15) is 4.79 Å². The Kier molecular flexibility index (Phi) is 5.80. The Hall–Kier alpha value is -3.27. The maximum absolute atomic E-state index is 12.9. The van der Waals surface area contributed by atoms with Crippen LogP contribution in [0.4, 0.5) is 16.2 Å². The molecule has 0 bridgehead atoms. The van der Waals surface area contributed by atoms with Crippen LogP contribution in [-0.2, 0) is 6.42 Å². The Bertz CT molecular complexity index is 963. The van der Waals surface area contributed by atoms with Gasteiger partial charge < -0.3 is 15.1 Å². The number of nitrogens with one attached hydrogen (secondary N) is 1. The number of urea groups is 1. The molecule has 2 amide bonds. The van der Waals surface area contributed by atoms with E-state index in [1.54, 1.807) is 0 Å². The van der Waals surface area contributed by atoms with Crippen LogP contribution in [-0.4, -0.2) is 37.1 Å². The van der Waals surface area contributed by atoms with Gasteiger partial charge in [0.15, 0.2) is 0 Å². The molecule has 0 unspecified atom stereocenters. The minimum absolute atomic E-state index is 0.0191. The summed E-state index contributed by atoms with van der Waals surface area (Å²) in [7, 11) is 0. The van der Waals surface area contributed by atoms with Gasteiger partial charge in [-0.3, -0.25) is 0 Å². The van der Waals surface area contributed by atoms with Gasteiger partial charge >= 0.3 is 6.03 Å². The van der Waals surface area contributed by atoms with E-state index in [2.05, 4.69) is 59.6 Å². The van der Waals surface area contributed by atoms with Crippen molar-refractivity contribution in [2.45, 2.75) is 13.3 Å². The van der Waals surface area contributed by atoms with Gasteiger partial charge in [-0.1, -0.05) is 60.7 Å². The molecule has 4 rings (SSSR count). The van der Waals surface area contributed by atoms with Crippen molar-refractivity contribution in [3.8, 4) is 0 Å². The second-order valence-corrected chi connectivity index (χ2v) is 7.56. The van der Waals surface area contributed by atoms with Crippen LogP contribution in [0.1, 0.15) is 16.7 Å². The van der Waals surface area contributed by atoms with Crippen LogP contribution >= 0.6 is 0 Å². The molecule has 1 saturated heterocycles.